The van der Waals surface area contributed by atoms with Crippen molar-refractivity contribution >= 4 is 19.8 Å². The van der Waals surface area contributed by atoms with Crippen molar-refractivity contribution < 1.29 is 47.8 Å². The highest BCUT2D eigenvalue weighted by Gasteiger charge is 2.27. The molecule has 0 saturated carbocycles. The molecule has 0 bridgehead atoms. The Balaban J connectivity index is 4.49. The maximum Gasteiger partial charge on any atom is 0.472 e. The van der Waals surface area contributed by atoms with Crippen molar-refractivity contribution in [1.29, 1.82) is 0 Å². The third-order valence-corrected chi connectivity index (χ3v) is 8.60. The van der Waals surface area contributed by atoms with Crippen molar-refractivity contribution in [3.8, 4) is 0 Å². The second-order valence-corrected chi connectivity index (χ2v) is 14.0. The largest absolute Gasteiger partial charge is 0.472 e. The number of hydrogen-bond donors (Lipinski definition) is 3. The average Bonchev–Trinajstić information content (AvgIpc) is 3.12. The van der Waals surface area contributed by atoms with Gasteiger partial charge in [0.2, 0.25) is 0 Å². The monoisotopic (exact) mass is 740 g/mol. The van der Waals surface area contributed by atoms with Crippen LogP contribution in [0.2, 0.25) is 0 Å². The number of aliphatic hydroxyl groups is 2. The van der Waals surface area contributed by atoms with E-state index in [0.29, 0.717) is 19.3 Å². The van der Waals surface area contributed by atoms with Crippen LogP contribution in [0.25, 0.3) is 0 Å². The van der Waals surface area contributed by atoms with Crippen LogP contribution in [0.4, 0.5) is 0 Å². The molecule has 10 nitrogen and oxygen atoms in total. The number of ether oxygens (including phenoxy) is 2. The molecule has 0 aliphatic heterocycles. The molecule has 0 fully saturated rings. The molecule has 0 aromatic heterocycles. The Labute approximate surface area is 308 Å². The predicted octanol–water partition coefficient (Wildman–Crippen LogP) is 9.55. The Kier molecular flexibility index (Phi) is 34.4. The van der Waals surface area contributed by atoms with E-state index in [0.717, 1.165) is 64.2 Å². The average molecular weight is 741 g/mol. The van der Waals surface area contributed by atoms with Crippen molar-refractivity contribution in [2.24, 2.45) is 0 Å². The Hall–Kier alpha value is -2.33. The van der Waals surface area contributed by atoms with E-state index < -0.39 is 51.8 Å². The quantitative estimate of drug-likeness (QED) is 0.0248. The number of rotatable bonds is 35. The molecule has 0 rings (SSSR count). The summed E-state index contributed by atoms with van der Waals surface area (Å²) in [6, 6.07) is 0. The number of carbonyl (C=O) groups excluding carboxylic acids is 2. The van der Waals surface area contributed by atoms with E-state index in [9.17, 15) is 24.2 Å². The molecular weight excluding hydrogens is 671 g/mol. The van der Waals surface area contributed by atoms with Gasteiger partial charge in [-0.2, -0.15) is 0 Å². The minimum atomic E-state index is -4.63. The molecule has 3 N–H and O–H groups in total. The summed E-state index contributed by atoms with van der Waals surface area (Å²) < 4.78 is 32.5. The highest BCUT2D eigenvalue weighted by Crippen LogP contribution is 2.43. The molecule has 0 aromatic carbocycles. The van der Waals surface area contributed by atoms with E-state index >= 15 is 0 Å². The Morgan fingerprint density at radius 1 is 0.588 bits per heavy atom. The molecule has 0 heterocycles. The minimum Gasteiger partial charge on any atom is -0.462 e. The normalized spacial score (nSPS) is 14.7. The highest BCUT2D eigenvalue weighted by atomic mass is 31.2. The first-order valence-electron chi connectivity index (χ1n) is 19.2. The van der Waals surface area contributed by atoms with Crippen LogP contribution in [0.3, 0.4) is 0 Å². The van der Waals surface area contributed by atoms with Crippen LogP contribution >= 0.6 is 7.82 Å². The van der Waals surface area contributed by atoms with Crippen molar-refractivity contribution in [1.82, 2.24) is 0 Å². The lowest BCUT2D eigenvalue weighted by Gasteiger charge is -2.20. The van der Waals surface area contributed by atoms with Gasteiger partial charge >= 0.3 is 19.8 Å². The van der Waals surface area contributed by atoms with E-state index in [1.165, 1.54) is 32.1 Å². The number of aliphatic hydroxyl groups excluding tert-OH is 2. The van der Waals surface area contributed by atoms with E-state index in [4.69, 9.17) is 19.1 Å². The molecular formula is C40H69O10P. The zero-order valence-corrected chi connectivity index (χ0v) is 32.4. The first kappa shape index (κ1) is 48.7. The van der Waals surface area contributed by atoms with Crippen molar-refractivity contribution in [3.63, 3.8) is 0 Å². The van der Waals surface area contributed by atoms with Gasteiger partial charge in [0.05, 0.1) is 19.8 Å². The van der Waals surface area contributed by atoms with E-state index in [1.54, 1.807) is 0 Å². The van der Waals surface area contributed by atoms with Gasteiger partial charge in [-0.1, -0.05) is 120 Å². The van der Waals surface area contributed by atoms with Gasteiger partial charge in [0.1, 0.15) is 12.7 Å². The Morgan fingerprint density at radius 2 is 1.06 bits per heavy atom. The van der Waals surface area contributed by atoms with Crippen molar-refractivity contribution in [2.45, 2.75) is 154 Å². The van der Waals surface area contributed by atoms with E-state index in [1.807, 2.05) is 12.2 Å². The summed E-state index contributed by atoms with van der Waals surface area (Å²) in [7, 11) is -4.63. The fraction of sp³-hybridized carbons (Fsp3) is 0.700. The smallest absolute Gasteiger partial charge is 0.462 e. The molecule has 0 aromatic rings. The zero-order valence-electron chi connectivity index (χ0n) is 31.5. The summed E-state index contributed by atoms with van der Waals surface area (Å²) in [6.45, 7) is 2.21. The van der Waals surface area contributed by atoms with E-state index in [2.05, 4.69) is 67.0 Å². The van der Waals surface area contributed by atoms with Gasteiger partial charge in [0, 0.05) is 12.8 Å². The summed E-state index contributed by atoms with van der Waals surface area (Å²) in [5, 5.41) is 18.3. The van der Waals surface area contributed by atoms with Crippen LogP contribution in [-0.2, 0) is 32.7 Å². The zero-order chi connectivity index (χ0) is 37.7. The predicted molar refractivity (Wildman–Crippen MR) is 205 cm³/mol. The molecule has 0 aliphatic rings. The second kappa shape index (κ2) is 36.0. The molecule has 51 heavy (non-hydrogen) atoms. The number of unbranched alkanes of at least 4 members (excludes halogenated alkanes) is 11. The number of phosphoric acid groups is 1. The molecule has 3 atom stereocenters. The maximum absolute atomic E-state index is 12.5. The lowest BCUT2D eigenvalue weighted by molar-refractivity contribution is -0.161. The number of esters is 2. The summed E-state index contributed by atoms with van der Waals surface area (Å²) >= 11 is 0. The standard InChI is InChI=1S/C40H69O10P/c1-3-5-7-9-11-13-15-16-17-18-19-20-22-24-26-28-30-32-40(44)50-38(36-49-51(45,46)48-34-37(42)33-41)35-47-39(43)31-29-27-25-23-21-14-12-10-8-6-4-2/h10-13,16-17,19-20,24,26,37-38,41-42H,3-9,14-15,18,21-23,25,27-36H2,1-2H3,(H,45,46)/b12-10-,13-11-,17-16-,20-19-,26-24-/t37-,38+/m0/s1. The second-order valence-electron chi connectivity index (χ2n) is 12.6. The van der Waals surface area contributed by atoms with Crippen LogP contribution in [0.15, 0.2) is 60.8 Å². The van der Waals surface area contributed by atoms with Gasteiger partial charge in [-0.3, -0.25) is 18.6 Å². The van der Waals surface area contributed by atoms with Gasteiger partial charge in [-0.05, 0) is 70.6 Å². The molecule has 294 valence electrons. The first-order valence-corrected chi connectivity index (χ1v) is 20.7. The summed E-state index contributed by atoms with van der Waals surface area (Å²) in [5.41, 5.74) is 0. The van der Waals surface area contributed by atoms with Gasteiger partial charge in [0.25, 0.3) is 0 Å². The third-order valence-electron chi connectivity index (χ3n) is 7.64. The van der Waals surface area contributed by atoms with Crippen LogP contribution < -0.4 is 0 Å². The molecule has 0 aliphatic carbocycles. The molecule has 0 saturated heterocycles. The Morgan fingerprint density at radius 3 is 1.67 bits per heavy atom. The lowest BCUT2D eigenvalue weighted by atomic mass is 10.1. The highest BCUT2D eigenvalue weighted by molar-refractivity contribution is 7.47. The number of allylic oxidation sites excluding steroid dienone is 10. The van der Waals surface area contributed by atoms with Gasteiger partial charge < -0.3 is 24.6 Å². The summed E-state index contributed by atoms with van der Waals surface area (Å²) in [5.74, 6) is -1.01. The maximum atomic E-state index is 12.5. The number of hydrogen-bond acceptors (Lipinski definition) is 9. The SMILES string of the molecule is CCCC/C=C\CCCCCCCC(=O)OC[C@H](COP(=O)(O)OC[C@@H](O)CO)OC(=O)CCC/C=C\C/C=C\C/C=C\C/C=C\CCCCC. The molecule has 0 amide bonds. The molecule has 11 heteroatoms. The van der Waals surface area contributed by atoms with Crippen LogP contribution in [-0.4, -0.2) is 65.7 Å². The Bertz CT molecular complexity index is 1040. The fourth-order valence-electron chi connectivity index (χ4n) is 4.61. The summed E-state index contributed by atoms with van der Waals surface area (Å²) in [4.78, 5) is 34.8. The number of phosphoric ester groups is 1. The van der Waals surface area contributed by atoms with Crippen LogP contribution in [0.5, 0.6) is 0 Å². The van der Waals surface area contributed by atoms with Crippen LogP contribution in [0, 0.1) is 0 Å². The molecule has 0 spiro atoms. The van der Waals surface area contributed by atoms with Gasteiger partial charge in [-0.25, -0.2) is 4.57 Å². The van der Waals surface area contributed by atoms with Gasteiger partial charge in [-0.15, -0.1) is 0 Å². The molecule has 0 radical (unpaired) electrons. The topological polar surface area (TPSA) is 149 Å². The summed E-state index contributed by atoms with van der Waals surface area (Å²) in [6.07, 6.45) is 37.7. The van der Waals surface area contributed by atoms with E-state index in [-0.39, 0.29) is 19.4 Å². The molecule has 1 unspecified atom stereocenters. The fourth-order valence-corrected chi connectivity index (χ4v) is 5.40. The lowest BCUT2D eigenvalue weighted by Crippen LogP contribution is -2.29. The first-order chi connectivity index (χ1) is 24.7. The minimum absolute atomic E-state index is 0.104. The van der Waals surface area contributed by atoms with Crippen molar-refractivity contribution in [2.75, 3.05) is 26.4 Å². The van der Waals surface area contributed by atoms with Crippen molar-refractivity contribution in [3.05, 3.63) is 60.8 Å². The third kappa shape index (κ3) is 35.8. The number of carbonyl (C=O) groups is 2. The van der Waals surface area contributed by atoms with Gasteiger partial charge in [0.15, 0.2) is 6.10 Å². The van der Waals surface area contributed by atoms with Crippen LogP contribution in [0.1, 0.15) is 142 Å².